The Hall–Kier alpha value is -4.40. The molecular weight excluding hydrogens is 445 g/mol. The van der Waals surface area contributed by atoms with Crippen LogP contribution in [0.1, 0.15) is 36.5 Å². The summed E-state index contributed by atoms with van der Waals surface area (Å²) in [5.41, 5.74) is 11.4. The fourth-order valence-corrected chi connectivity index (χ4v) is 4.42. The van der Waals surface area contributed by atoms with Gasteiger partial charge in [0, 0.05) is 17.0 Å². The lowest BCUT2D eigenvalue weighted by atomic mass is 9.99. The van der Waals surface area contributed by atoms with Crippen LogP contribution in [0.15, 0.2) is 65.6 Å². The Balaban J connectivity index is 1.85. The van der Waals surface area contributed by atoms with E-state index in [0.29, 0.717) is 29.0 Å². The molecule has 176 valence electrons. The molecule has 0 aliphatic rings. The Labute approximate surface area is 200 Å². The van der Waals surface area contributed by atoms with Crippen molar-refractivity contribution in [3.05, 3.63) is 94.2 Å². The highest BCUT2D eigenvalue weighted by Crippen LogP contribution is 2.35. The summed E-state index contributed by atoms with van der Waals surface area (Å²) in [6, 6.07) is 15.9. The van der Waals surface area contributed by atoms with Gasteiger partial charge in [-0.15, -0.1) is 5.10 Å². The zero-order chi connectivity index (χ0) is 24.7. The molecule has 0 bridgehead atoms. The minimum Gasteiger partial charge on any atom is -0.369 e. The van der Waals surface area contributed by atoms with Gasteiger partial charge >= 0.3 is 5.69 Å². The molecule has 4 heterocycles. The Bertz CT molecular complexity index is 1570. The number of aromatic nitrogens is 6. The molecule has 0 radical (unpaired) electrons. The molecule has 1 atom stereocenters. The monoisotopic (exact) mass is 469 g/mol. The van der Waals surface area contributed by atoms with Crippen LogP contribution in [0.25, 0.3) is 28.0 Å². The van der Waals surface area contributed by atoms with Crippen LogP contribution in [-0.2, 0) is 0 Å². The third-order valence-corrected chi connectivity index (χ3v) is 5.91. The number of rotatable bonds is 5. The van der Waals surface area contributed by atoms with Gasteiger partial charge in [-0.05, 0) is 50.1 Å². The highest BCUT2D eigenvalue weighted by Gasteiger charge is 2.25. The zero-order valence-corrected chi connectivity index (χ0v) is 19.6. The number of fused-ring (bicyclic) bond motifs is 1. The van der Waals surface area contributed by atoms with Gasteiger partial charge in [0.1, 0.15) is 5.82 Å². The van der Waals surface area contributed by atoms with E-state index in [1.165, 1.54) is 15.1 Å². The predicted octanol–water partition coefficient (Wildman–Crippen LogP) is 4.35. The summed E-state index contributed by atoms with van der Waals surface area (Å²) >= 11 is 0. The van der Waals surface area contributed by atoms with Crippen LogP contribution in [0.3, 0.4) is 0 Å². The Kier molecular flexibility index (Phi) is 5.60. The van der Waals surface area contributed by atoms with Gasteiger partial charge in [-0.2, -0.15) is 0 Å². The van der Waals surface area contributed by atoms with E-state index in [-0.39, 0.29) is 5.95 Å². The zero-order valence-electron chi connectivity index (χ0n) is 19.6. The highest BCUT2D eigenvalue weighted by atomic mass is 19.1. The minimum atomic E-state index is -0.503. The van der Waals surface area contributed by atoms with Gasteiger partial charge < -0.3 is 5.73 Å². The van der Waals surface area contributed by atoms with Crippen molar-refractivity contribution >= 4 is 11.6 Å². The molecule has 0 aliphatic carbocycles. The van der Waals surface area contributed by atoms with Crippen molar-refractivity contribution in [2.75, 3.05) is 5.73 Å². The number of nitrogens with zero attached hydrogens (tertiary/aromatic N) is 6. The first-order chi connectivity index (χ1) is 16.9. The standard InChI is InChI=1S/C26H24FN7O/c1-4-21(20-11-10-19(27)14-29-20)34-26(35)33-24(32-34)22(18-12-15(2)30-16(3)13-18)23(31-25(33)28)17-8-6-5-7-9-17/h5-14,21H,4H2,1-3H3,(H2,28,31). The summed E-state index contributed by atoms with van der Waals surface area (Å²) in [5.74, 6) is -0.416. The summed E-state index contributed by atoms with van der Waals surface area (Å²) in [7, 11) is 0. The van der Waals surface area contributed by atoms with E-state index in [4.69, 9.17) is 10.8 Å². The van der Waals surface area contributed by atoms with Gasteiger partial charge in [0.2, 0.25) is 5.95 Å². The van der Waals surface area contributed by atoms with Crippen molar-refractivity contribution in [3.8, 4) is 22.4 Å². The van der Waals surface area contributed by atoms with E-state index < -0.39 is 17.5 Å². The van der Waals surface area contributed by atoms with Crippen LogP contribution >= 0.6 is 0 Å². The maximum absolute atomic E-state index is 13.6. The summed E-state index contributed by atoms with van der Waals surface area (Å²) in [4.78, 5) is 26.9. The number of anilines is 1. The lowest BCUT2D eigenvalue weighted by Gasteiger charge is -2.13. The predicted molar refractivity (Wildman–Crippen MR) is 132 cm³/mol. The van der Waals surface area contributed by atoms with Crippen LogP contribution in [-0.4, -0.2) is 29.1 Å². The third-order valence-electron chi connectivity index (χ3n) is 5.91. The number of nitrogens with two attached hydrogens (primary N) is 1. The lowest BCUT2D eigenvalue weighted by molar-refractivity contribution is 0.480. The van der Waals surface area contributed by atoms with Crippen LogP contribution in [0.2, 0.25) is 0 Å². The Morgan fingerprint density at radius 2 is 1.71 bits per heavy atom. The third kappa shape index (κ3) is 3.95. The summed E-state index contributed by atoms with van der Waals surface area (Å²) in [6.45, 7) is 5.75. The van der Waals surface area contributed by atoms with Gasteiger partial charge in [-0.3, -0.25) is 9.97 Å². The van der Waals surface area contributed by atoms with Crippen LogP contribution < -0.4 is 11.4 Å². The average Bonchev–Trinajstić information content (AvgIpc) is 3.18. The summed E-state index contributed by atoms with van der Waals surface area (Å²) < 4.78 is 16.2. The molecule has 0 spiro atoms. The first-order valence-electron chi connectivity index (χ1n) is 11.3. The Morgan fingerprint density at radius 1 is 1.00 bits per heavy atom. The number of pyridine rings is 2. The molecule has 0 saturated heterocycles. The summed E-state index contributed by atoms with van der Waals surface area (Å²) in [6.07, 6.45) is 1.65. The normalized spacial score (nSPS) is 12.2. The van der Waals surface area contributed by atoms with E-state index in [1.54, 1.807) is 6.07 Å². The van der Waals surface area contributed by atoms with Gasteiger partial charge in [0.25, 0.3) is 0 Å². The van der Waals surface area contributed by atoms with Crippen molar-refractivity contribution < 1.29 is 4.39 Å². The maximum Gasteiger partial charge on any atom is 0.353 e. The number of hydrogen-bond donors (Lipinski definition) is 1. The van der Waals surface area contributed by atoms with Gasteiger partial charge in [0.05, 0.1) is 29.2 Å². The molecule has 1 aromatic carbocycles. The first-order valence-corrected chi connectivity index (χ1v) is 11.3. The van der Waals surface area contributed by atoms with Crippen molar-refractivity contribution in [1.29, 1.82) is 0 Å². The van der Waals surface area contributed by atoms with Gasteiger partial charge in [0.15, 0.2) is 5.65 Å². The number of benzene rings is 1. The number of nitrogen functional groups attached to an aromatic ring is 1. The molecule has 0 aliphatic heterocycles. The second-order valence-corrected chi connectivity index (χ2v) is 8.41. The number of aryl methyl sites for hydroxylation is 2. The molecule has 4 aromatic heterocycles. The summed E-state index contributed by atoms with van der Waals surface area (Å²) in [5, 5.41) is 4.76. The molecule has 2 N–H and O–H groups in total. The van der Waals surface area contributed by atoms with Crippen LogP contribution in [0.5, 0.6) is 0 Å². The fourth-order valence-electron chi connectivity index (χ4n) is 4.42. The molecule has 5 rings (SSSR count). The van der Waals surface area contributed by atoms with Crippen LogP contribution in [0.4, 0.5) is 10.3 Å². The molecule has 0 amide bonds. The second-order valence-electron chi connectivity index (χ2n) is 8.41. The Morgan fingerprint density at radius 3 is 2.34 bits per heavy atom. The van der Waals surface area contributed by atoms with E-state index in [2.05, 4.69) is 15.0 Å². The van der Waals surface area contributed by atoms with Crippen molar-refractivity contribution in [2.24, 2.45) is 0 Å². The van der Waals surface area contributed by atoms with E-state index in [9.17, 15) is 9.18 Å². The molecule has 9 heteroatoms. The van der Waals surface area contributed by atoms with Crippen LogP contribution in [0, 0.1) is 19.7 Å². The van der Waals surface area contributed by atoms with E-state index in [1.807, 2.05) is 63.2 Å². The molecule has 1 unspecified atom stereocenters. The maximum atomic E-state index is 13.6. The van der Waals surface area contributed by atoms with Crippen molar-refractivity contribution in [3.63, 3.8) is 0 Å². The largest absolute Gasteiger partial charge is 0.369 e. The smallest absolute Gasteiger partial charge is 0.353 e. The van der Waals surface area contributed by atoms with Gasteiger partial charge in [-0.1, -0.05) is 37.3 Å². The number of halogens is 1. The minimum absolute atomic E-state index is 0.0308. The molecule has 0 fully saturated rings. The quantitative estimate of drug-likeness (QED) is 0.410. The van der Waals surface area contributed by atoms with E-state index in [0.717, 1.165) is 28.7 Å². The molecule has 8 nitrogen and oxygen atoms in total. The molecule has 35 heavy (non-hydrogen) atoms. The fraction of sp³-hybridized carbons (Fsp3) is 0.192. The average molecular weight is 470 g/mol. The molecule has 5 aromatic rings. The van der Waals surface area contributed by atoms with Crippen molar-refractivity contribution in [1.82, 2.24) is 29.1 Å². The second kappa shape index (κ2) is 8.75. The molecule has 0 saturated carbocycles. The highest BCUT2D eigenvalue weighted by molar-refractivity contribution is 5.90. The van der Waals surface area contributed by atoms with E-state index >= 15 is 0 Å². The number of hydrogen-bond acceptors (Lipinski definition) is 6. The topological polar surface area (TPSA) is 104 Å². The molecular formula is C26H24FN7O. The lowest BCUT2D eigenvalue weighted by Crippen LogP contribution is -2.27. The SMILES string of the molecule is CCC(c1ccc(F)cn1)n1nc2c(-c3cc(C)nc(C)c3)c(-c3ccccc3)nc(N)n2c1=O. The van der Waals surface area contributed by atoms with Gasteiger partial charge in [-0.25, -0.2) is 23.3 Å². The van der Waals surface area contributed by atoms with Crippen molar-refractivity contribution in [2.45, 2.75) is 33.2 Å². The first kappa shape index (κ1) is 22.4.